The zero-order chi connectivity index (χ0) is 13.8. The van der Waals surface area contributed by atoms with Gasteiger partial charge in [0.2, 0.25) is 0 Å². The second kappa shape index (κ2) is 6.55. The van der Waals surface area contributed by atoms with Crippen molar-refractivity contribution < 1.29 is 0 Å². The average Bonchev–Trinajstić information content (AvgIpc) is 2.88. The van der Waals surface area contributed by atoms with Gasteiger partial charge in [-0.2, -0.15) is 0 Å². The normalized spacial score (nSPS) is 12.4. The predicted octanol–water partition coefficient (Wildman–Crippen LogP) is 4.21. The van der Waals surface area contributed by atoms with Crippen molar-refractivity contribution in [3.8, 4) is 0 Å². The third-order valence-electron chi connectivity index (χ3n) is 3.19. The molecule has 1 unspecified atom stereocenters. The van der Waals surface area contributed by atoms with E-state index in [1.165, 1.54) is 10.6 Å². The van der Waals surface area contributed by atoms with Crippen LogP contribution < -0.4 is 10.6 Å². The Morgan fingerprint density at radius 1 is 1.37 bits per heavy atom. The minimum atomic E-state index is 0.0554. The Bertz CT molecular complexity index is 523. The fourth-order valence-electron chi connectivity index (χ4n) is 1.98. The molecular formula is C15H19BrN2S. The summed E-state index contributed by atoms with van der Waals surface area (Å²) >= 11 is 5.42. The minimum Gasteiger partial charge on any atom is -0.374 e. The van der Waals surface area contributed by atoms with Gasteiger partial charge >= 0.3 is 0 Å². The minimum absolute atomic E-state index is 0.0554. The molecule has 19 heavy (non-hydrogen) atoms. The molecule has 0 bridgehead atoms. The molecule has 0 aliphatic heterocycles. The smallest absolute Gasteiger partial charge is 0.0375 e. The lowest BCUT2D eigenvalue weighted by Crippen LogP contribution is -2.20. The molecular weight excluding hydrogens is 320 g/mol. The third kappa shape index (κ3) is 3.81. The molecule has 0 spiro atoms. The van der Waals surface area contributed by atoms with Crippen molar-refractivity contribution in [2.45, 2.75) is 19.4 Å². The standard InChI is InChI=1S/C15H19BrN2S/c1-11(17)14-6-5-12(10-15(14)16)18(2)8-7-13-4-3-9-19-13/h3-6,9-11H,7-8,17H2,1-2H3. The van der Waals surface area contributed by atoms with E-state index in [9.17, 15) is 0 Å². The van der Waals surface area contributed by atoms with Crippen molar-refractivity contribution in [2.24, 2.45) is 5.73 Å². The van der Waals surface area contributed by atoms with Crippen LogP contribution in [0.2, 0.25) is 0 Å². The molecule has 2 nitrogen and oxygen atoms in total. The van der Waals surface area contributed by atoms with Gasteiger partial charge in [-0.15, -0.1) is 11.3 Å². The highest BCUT2D eigenvalue weighted by molar-refractivity contribution is 9.10. The van der Waals surface area contributed by atoms with Crippen LogP contribution in [0.25, 0.3) is 0 Å². The maximum Gasteiger partial charge on any atom is 0.0375 e. The van der Waals surface area contributed by atoms with Crippen molar-refractivity contribution in [1.82, 2.24) is 0 Å². The van der Waals surface area contributed by atoms with Crippen LogP contribution in [0.3, 0.4) is 0 Å². The lowest BCUT2D eigenvalue weighted by atomic mass is 10.1. The molecule has 1 aromatic carbocycles. The largest absolute Gasteiger partial charge is 0.374 e. The third-order valence-corrected chi connectivity index (χ3v) is 4.81. The fraction of sp³-hybridized carbons (Fsp3) is 0.333. The number of hydrogen-bond donors (Lipinski definition) is 1. The number of benzene rings is 1. The molecule has 1 atom stereocenters. The van der Waals surface area contributed by atoms with Crippen molar-refractivity contribution >= 4 is 33.0 Å². The first-order valence-electron chi connectivity index (χ1n) is 6.36. The first-order valence-corrected chi connectivity index (χ1v) is 8.03. The highest BCUT2D eigenvalue weighted by Gasteiger charge is 2.08. The number of anilines is 1. The monoisotopic (exact) mass is 338 g/mol. The number of thiophene rings is 1. The number of likely N-dealkylation sites (N-methyl/N-ethyl adjacent to an activating group) is 1. The van der Waals surface area contributed by atoms with E-state index in [0.29, 0.717) is 0 Å². The van der Waals surface area contributed by atoms with Gasteiger partial charge in [0.25, 0.3) is 0 Å². The van der Waals surface area contributed by atoms with Crippen LogP contribution in [0, 0.1) is 0 Å². The summed E-state index contributed by atoms with van der Waals surface area (Å²) in [6.45, 7) is 3.02. The van der Waals surface area contributed by atoms with Crippen LogP contribution in [0.1, 0.15) is 23.4 Å². The van der Waals surface area contributed by atoms with Crippen LogP contribution in [0.5, 0.6) is 0 Å². The van der Waals surface area contributed by atoms with E-state index in [4.69, 9.17) is 5.73 Å². The van der Waals surface area contributed by atoms with Crippen LogP contribution in [-0.2, 0) is 6.42 Å². The van der Waals surface area contributed by atoms with E-state index >= 15 is 0 Å². The number of nitrogens with zero attached hydrogens (tertiary/aromatic N) is 1. The van der Waals surface area contributed by atoms with Crippen LogP contribution in [0.15, 0.2) is 40.2 Å². The molecule has 4 heteroatoms. The molecule has 0 saturated carbocycles. The second-order valence-electron chi connectivity index (χ2n) is 4.75. The quantitative estimate of drug-likeness (QED) is 0.884. The van der Waals surface area contributed by atoms with Crippen molar-refractivity contribution in [3.05, 3.63) is 50.6 Å². The second-order valence-corrected chi connectivity index (χ2v) is 6.63. The highest BCUT2D eigenvalue weighted by Crippen LogP contribution is 2.27. The summed E-state index contributed by atoms with van der Waals surface area (Å²) in [5.74, 6) is 0. The number of hydrogen-bond acceptors (Lipinski definition) is 3. The van der Waals surface area contributed by atoms with Gasteiger partial charge in [-0.1, -0.05) is 28.1 Å². The summed E-state index contributed by atoms with van der Waals surface area (Å²) in [5, 5.41) is 2.13. The molecule has 102 valence electrons. The Kier molecular flexibility index (Phi) is 5.02. The zero-order valence-corrected chi connectivity index (χ0v) is 13.7. The highest BCUT2D eigenvalue weighted by atomic mass is 79.9. The Balaban J connectivity index is 2.03. The predicted molar refractivity (Wildman–Crippen MR) is 88.0 cm³/mol. The summed E-state index contributed by atoms with van der Waals surface area (Å²) in [7, 11) is 2.13. The van der Waals surface area contributed by atoms with Gasteiger partial charge in [-0.3, -0.25) is 0 Å². The summed E-state index contributed by atoms with van der Waals surface area (Å²) in [6, 6.07) is 10.7. The summed E-state index contributed by atoms with van der Waals surface area (Å²) in [4.78, 5) is 3.70. The van der Waals surface area contributed by atoms with Gasteiger partial charge in [-0.25, -0.2) is 0 Å². The molecule has 2 rings (SSSR count). The number of halogens is 1. The zero-order valence-electron chi connectivity index (χ0n) is 11.3. The molecule has 2 N–H and O–H groups in total. The van der Waals surface area contributed by atoms with Crippen molar-refractivity contribution in [2.75, 3.05) is 18.5 Å². The molecule has 0 aliphatic rings. The SMILES string of the molecule is CC(N)c1ccc(N(C)CCc2cccs2)cc1Br. The van der Waals surface area contributed by atoms with Gasteiger partial charge in [0.05, 0.1) is 0 Å². The molecule has 0 radical (unpaired) electrons. The fourth-order valence-corrected chi connectivity index (χ4v) is 3.41. The Morgan fingerprint density at radius 3 is 2.74 bits per heavy atom. The lowest BCUT2D eigenvalue weighted by molar-refractivity contribution is 0.811. The molecule has 0 fully saturated rings. The molecule has 0 amide bonds. The molecule has 0 saturated heterocycles. The van der Waals surface area contributed by atoms with Crippen LogP contribution in [-0.4, -0.2) is 13.6 Å². The maximum absolute atomic E-state index is 5.92. The summed E-state index contributed by atoms with van der Waals surface area (Å²) < 4.78 is 1.09. The maximum atomic E-state index is 5.92. The van der Waals surface area contributed by atoms with E-state index in [1.54, 1.807) is 0 Å². The summed E-state index contributed by atoms with van der Waals surface area (Å²) in [6.07, 6.45) is 1.08. The molecule has 1 aromatic heterocycles. The van der Waals surface area contributed by atoms with Crippen LogP contribution in [0.4, 0.5) is 5.69 Å². The topological polar surface area (TPSA) is 29.3 Å². The Hall–Kier alpha value is -0.840. The van der Waals surface area contributed by atoms with Gasteiger partial charge in [-0.05, 0) is 42.5 Å². The van der Waals surface area contributed by atoms with E-state index in [-0.39, 0.29) is 6.04 Å². The molecule has 0 aliphatic carbocycles. The lowest BCUT2D eigenvalue weighted by Gasteiger charge is -2.20. The van der Waals surface area contributed by atoms with E-state index in [2.05, 4.69) is 63.6 Å². The van der Waals surface area contributed by atoms with E-state index in [0.717, 1.165) is 23.0 Å². The van der Waals surface area contributed by atoms with E-state index < -0.39 is 0 Å². The van der Waals surface area contributed by atoms with Gasteiger partial charge in [0, 0.05) is 34.7 Å². The molecule has 2 aromatic rings. The van der Waals surface area contributed by atoms with Crippen molar-refractivity contribution in [3.63, 3.8) is 0 Å². The molecule has 1 heterocycles. The Labute approximate surface area is 127 Å². The van der Waals surface area contributed by atoms with Crippen LogP contribution >= 0.6 is 27.3 Å². The Morgan fingerprint density at radius 2 is 2.16 bits per heavy atom. The van der Waals surface area contributed by atoms with Gasteiger partial charge in [0.15, 0.2) is 0 Å². The first-order chi connectivity index (χ1) is 9.08. The van der Waals surface area contributed by atoms with Gasteiger partial charge < -0.3 is 10.6 Å². The van der Waals surface area contributed by atoms with Crippen molar-refractivity contribution in [1.29, 1.82) is 0 Å². The van der Waals surface area contributed by atoms with E-state index in [1.807, 2.05) is 18.3 Å². The number of rotatable bonds is 5. The summed E-state index contributed by atoms with van der Waals surface area (Å²) in [5.41, 5.74) is 8.29. The number of nitrogens with two attached hydrogens (primary N) is 1. The van der Waals surface area contributed by atoms with Gasteiger partial charge in [0.1, 0.15) is 0 Å². The first kappa shape index (κ1) is 14.6. The average molecular weight is 339 g/mol.